The van der Waals surface area contributed by atoms with Crippen molar-refractivity contribution in [2.45, 2.75) is 57.5 Å². The maximum atomic E-state index is 13.0. The molecular formula is C22H27N3O. The Kier molecular flexibility index (Phi) is 4.66. The van der Waals surface area contributed by atoms with Crippen LogP contribution >= 0.6 is 0 Å². The molecule has 2 aliphatic rings. The minimum atomic E-state index is 0.0406. The number of hydrogen-bond acceptors (Lipinski definition) is 3. The molecule has 1 unspecified atom stereocenters. The number of anilines is 2. The molecule has 4 rings (SSSR count). The van der Waals surface area contributed by atoms with Gasteiger partial charge >= 0.3 is 0 Å². The zero-order chi connectivity index (χ0) is 18.1. The molecule has 1 aliphatic carbocycles. The first-order chi connectivity index (χ1) is 12.6. The van der Waals surface area contributed by atoms with Gasteiger partial charge in [0, 0.05) is 24.8 Å². The molecule has 0 spiro atoms. The highest BCUT2D eigenvalue weighted by Gasteiger charge is 2.29. The van der Waals surface area contributed by atoms with Gasteiger partial charge < -0.3 is 9.80 Å². The van der Waals surface area contributed by atoms with Crippen LogP contribution in [0.5, 0.6) is 0 Å². The van der Waals surface area contributed by atoms with Crippen molar-refractivity contribution >= 4 is 17.4 Å². The van der Waals surface area contributed by atoms with Gasteiger partial charge in [0.15, 0.2) is 0 Å². The number of nitrogens with zero attached hydrogens (tertiary/aromatic N) is 3. The number of rotatable bonds is 3. The van der Waals surface area contributed by atoms with E-state index in [0.717, 1.165) is 25.1 Å². The lowest BCUT2D eigenvalue weighted by molar-refractivity contribution is 0.0690. The lowest BCUT2D eigenvalue weighted by atomic mass is 9.94. The van der Waals surface area contributed by atoms with Crippen molar-refractivity contribution in [2.24, 2.45) is 0 Å². The Hall–Kier alpha value is -2.36. The molecule has 1 aromatic heterocycles. The van der Waals surface area contributed by atoms with Crippen LogP contribution < -0.4 is 4.90 Å². The van der Waals surface area contributed by atoms with E-state index in [1.54, 1.807) is 0 Å². The summed E-state index contributed by atoms with van der Waals surface area (Å²) >= 11 is 0. The number of para-hydroxylation sites is 1. The third-order valence-electron chi connectivity index (χ3n) is 5.85. The molecule has 1 fully saturated rings. The van der Waals surface area contributed by atoms with Crippen LogP contribution in [-0.4, -0.2) is 34.9 Å². The highest BCUT2D eigenvalue weighted by atomic mass is 16.2. The molecule has 2 heterocycles. The fourth-order valence-corrected chi connectivity index (χ4v) is 4.41. The van der Waals surface area contributed by atoms with Gasteiger partial charge in [0.25, 0.3) is 5.91 Å². The van der Waals surface area contributed by atoms with Gasteiger partial charge in [0.05, 0.1) is 0 Å². The van der Waals surface area contributed by atoms with Crippen LogP contribution in [0.3, 0.4) is 0 Å². The summed E-state index contributed by atoms with van der Waals surface area (Å²) in [7, 11) is 1.93. The summed E-state index contributed by atoms with van der Waals surface area (Å²) in [6.45, 7) is 2.21. The van der Waals surface area contributed by atoms with E-state index in [4.69, 9.17) is 4.98 Å². The predicted molar refractivity (Wildman–Crippen MR) is 105 cm³/mol. The third-order valence-corrected chi connectivity index (χ3v) is 5.85. The molecule has 1 aromatic carbocycles. The van der Waals surface area contributed by atoms with Gasteiger partial charge in [-0.25, -0.2) is 4.98 Å². The van der Waals surface area contributed by atoms with E-state index in [2.05, 4.69) is 36.1 Å². The predicted octanol–water partition coefficient (Wildman–Crippen LogP) is 4.57. The smallest absolute Gasteiger partial charge is 0.272 e. The summed E-state index contributed by atoms with van der Waals surface area (Å²) in [6, 6.07) is 15.0. The highest BCUT2D eigenvalue weighted by molar-refractivity contribution is 5.93. The number of amides is 1. The van der Waals surface area contributed by atoms with E-state index >= 15 is 0 Å². The Balaban J connectivity index is 1.60. The summed E-state index contributed by atoms with van der Waals surface area (Å²) in [4.78, 5) is 21.9. The van der Waals surface area contributed by atoms with Gasteiger partial charge in [-0.1, -0.05) is 43.5 Å². The highest BCUT2D eigenvalue weighted by Crippen LogP contribution is 2.37. The third kappa shape index (κ3) is 3.09. The van der Waals surface area contributed by atoms with E-state index in [1.165, 1.54) is 30.5 Å². The summed E-state index contributed by atoms with van der Waals surface area (Å²) in [6.07, 6.45) is 6.96. The second-order valence-corrected chi connectivity index (χ2v) is 7.64. The molecule has 2 aromatic rings. The largest absolute Gasteiger partial charge is 0.337 e. The van der Waals surface area contributed by atoms with Gasteiger partial charge in [-0.15, -0.1) is 0 Å². The minimum absolute atomic E-state index is 0.0406. The SMILES string of the molecule is CC1Cc2ccccc2N1c1cccc(C(=O)N(C)C2CCCCC2)n1. The Labute approximate surface area is 155 Å². The monoisotopic (exact) mass is 349 g/mol. The van der Waals surface area contributed by atoms with Crippen molar-refractivity contribution in [2.75, 3.05) is 11.9 Å². The van der Waals surface area contributed by atoms with Crippen molar-refractivity contribution in [1.29, 1.82) is 0 Å². The first-order valence-electron chi connectivity index (χ1n) is 9.76. The van der Waals surface area contributed by atoms with Crippen LogP contribution in [0.15, 0.2) is 42.5 Å². The molecule has 1 aliphatic heterocycles. The number of aromatic nitrogens is 1. The molecule has 0 radical (unpaired) electrons. The first kappa shape index (κ1) is 17.1. The molecule has 1 amide bonds. The zero-order valence-corrected chi connectivity index (χ0v) is 15.7. The Morgan fingerprint density at radius 2 is 1.85 bits per heavy atom. The molecule has 0 bridgehead atoms. The van der Waals surface area contributed by atoms with Gasteiger partial charge in [0.2, 0.25) is 0 Å². The quantitative estimate of drug-likeness (QED) is 0.814. The van der Waals surface area contributed by atoms with Crippen molar-refractivity contribution in [1.82, 2.24) is 9.88 Å². The molecule has 136 valence electrons. The number of fused-ring (bicyclic) bond motifs is 1. The maximum absolute atomic E-state index is 13.0. The fraction of sp³-hybridized carbons (Fsp3) is 0.455. The standard InChI is InChI=1S/C22H27N3O/c1-16-15-17-9-6-7-13-20(17)25(16)21-14-8-12-19(23-21)22(26)24(2)18-10-4-3-5-11-18/h6-9,12-14,16,18H,3-5,10-11,15H2,1-2H3. The summed E-state index contributed by atoms with van der Waals surface area (Å²) < 4.78 is 0. The zero-order valence-electron chi connectivity index (χ0n) is 15.7. The normalized spacial score (nSPS) is 20.1. The van der Waals surface area contributed by atoms with Crippen molar-refractivity contribution in [3.05, 3.63) is 53.7 Å². The van der Waals surface area contributed by atoms with Crippen molar-refractivity contribution < 1.29 is 4.79 Å². The summed E-state index contributed by atoms with van der Waals surface area (Å²) in [5.41, 5.74) is 3.10. The number of hydrogen-bond donors (Lipinski definition) is 0. The topological polar surface area (TPSA) is 36.4 Å². The fourth-order valence-electron chi connectivity index (χ4n) is 4.41. The Morgan fingerprint density at radius 1 is 1.08 bits per heavy atom. The molecule has 1 atom stereocenters. The Bertz CT molecular complexity index is 797. The molecule has 4 heteroatoms. The lowest BCUT2D eigenvalue weighted by Gasteiger charge is -2.31. The van der Waals surface area contributed by atoms with Crippen molar-refractivity contribution in [3.63, 3.8) is 0 Å². The number of pyridine rings is 1. The molecular weight excluding hydrogens is 322 g/mol. The van der Waals surface area contributed by atoms with Gasteiger partial charge in [-0.05, 0) is 49.9 Å². The van der Waals surface area contributed by atoms with Crippen LogP contribution in [0.1, 0.15) is 55.1 Å². The van der Waals surface area contributed by atoms with Crippen molar-refractivity contribution in [3.8, 4) is 0 Å². The van der Waals surface area contributed by atoms with Gasteiger partial charge in [-0.2, -0.15) is 0 Å². The van der Waals surface area contributed by atoms with Crippen LogP contribution in [-0.2, 0) is 6.42 Å². The van der Waals surface area contributed by atoms with E-state index < -0.39 is 0 Å². The average molecular weight is 349 g/mol. The average Bonchev–Trinajstić information content (AvgIpc) is 3.03. The minimum Gasteiger partial charge on any atom is -0.337 e. The first-order valence-corrected chi connectivity index (χ1v) is 9.76. The van der Waals surface area contributed by atoms with Gasteiger partial charge in [0.1, 0.15) is 11.5 Å². The lowest BCUT2D eigenvalue weighted by Crippen LogP contribution is -2.38. The summed E-state index contributed by atoms with van der Waals surface area (Å²) in [5, 5.41) is 0. The number of carbonyl (C=O) groups is 1. The molecule has 0 saturated heterocycles. The van der Waals surface area contributed by atoms with Crippen LogP contribution in [0.4, 0.5) is 11.5 Å². The molecule has 26 heavy (non-hydrogen) atoms. The van der Waals surface area contributed by atoms with E-state index in [0.29, 0.717) is 17.8 Å². The molecule has 0 N–H and O–H groups in total. The second kappa shape index (κ2) is 7.10. The van der Waals surface area contributed by atoms with Crippen LogP contribution in [0.2, 0.25) is 0 Å². The van der Waals surface area contributed by atoms with Crippen LogP contribution in [0, 0.1) is 0 Å². The number of carbonyl (C=O) groups excluding carboxylic acids is 1. The molecule has 1 saturated carbocycles. The van der Waals surface area contributed by atoms with E-state index in [9.17, 15) is 4.79 Å². The van der Waals surface area contributed by atoms with E-state index in [1.807, 2.05) is 30.1 Å². The molecule has 4 nitrogen and oxygen atoms in total. The number of benzene rings is 1. The summed E-state index contributed by atoms with van der Waals surface area (Å²) in [5.74, 6) is 0.907. The Morgan fingerprint density at radius 3 is 2.65 bits per heavy atom. The van der Waals surface area contributed by atoms with Gasteiger partial charge in [-0.3, -0.25) is 4.79 Å². The van der Waals surface area contributed by atoms with Crippen LogP contribution in [0.25, 0.3) is 0 Å². The second-order valence-electron chi connectivity index (χ2n) is 7.64. The van der Waals surface area contributed by atoms with E-state index in [-0.39, 0.29) is 5.91 Å². The maximum Gasteiger partial charge on any atom is 0.272 e.